The molecule has 0 saturated heterocycles. The lowest BCUT2D eigenvalue weighted by atomic mass is 10.0. The van der Waals surface area contributed by atoms with Crippen molar-refractivity contribution in [1.29, 1.82) is 0 Å². The summed E-state index contributed by atoms with van der Waals surface area (Å²) in [6.45, 7) is 1.97. The van der Waals surface area contributed by atoms with E-state index in [-0.39, 0.29) is 6.42 Å². The Hall–Kier alpha value is -0.870. The van der Waals surface area contributed by atoms with E-state index in [9.17, 15) is 4.79 Å². The van der Waals surface area contributed by atoms with Crippen LogP contribution in [0.3, 0.4) is 0 Å². The summed E-state index contributed by atoms with van der Waals surface area (Å²) in [5.74, 6) is -0.884. The molecule has 0 aliphatic heterocycles. The van der Waals surface area contributed by atoms with Gasteiger partial charge in [-0.15, -0.1) is 0 Å². The number of aryl methyl sites for hydroxylation is 1. The predicted octanol–water partition coefficient (Wildman–Crippen LogP) is 2.23. The van der Waals surface area contributed by atoms with Gasteiger partial charge in [0.2, 0.25) is 0 Å². The van der Waals surface area contributed by atoms with Gasteiger partial charge in [0.1, 0.15) is 0 Å². The number of rotatable bonds is 3. The molecule has 0 fully saturated rings. The number of halogens is 1. The van der Waals surface area contributed by atoms with E-state index in [1.54, 1.807) is 0 Å². The molecule has 1 aromatic carbocycles. The second-order valence-electron chi connectivity index (χ2n) is 3.23. The monoisotopic (exact) mass is 257 g/mol. The maximum atomic E-state index is 10.5. The summed E-state index contributed by atoms with van der Waals surface area (Å²) in [5.41, 5.74) is 7.68. The van der Waals surface area contributed by atoms with Crippen molar-refractivity contribution in [3.8, 4) is 0 Å². The fourth-order valence-electron chi connectivity index (χ4n) is 1.23. The van der Waals surface area contributed by atoms with E-state index in [1.807, 2.05) is 25.1 Å². The lowest BCUT2D eigenvalue weighted by Crippen LogP contribution is -2.15. The van der Waals surface area contributed by atoms with E-state index in [0.29, 0.717) is 0 Å². The second kappa shape index (κ2) is 4.57. The molecule has 3 nitrogen and oxygen atoms in total. The van der Waals surface area contributed by atoms with Gasteiger partial charge in [-0.1, -0.05) is 28.1 Å². The quantitative estimate of drug-likeness (QED) is 0.873. The number of aliphatic carboxylic acids is 1. The Morgan fingerprint density at radius 3 is 2.79 bits per heavy atom. The van der Waals surface area contributed by atoms with E-state index < -0.39 is 12.0 Å². The average Bonchev–Trinajstić information content (AvgIpc) is 2.01. The third-order valence-corrected chi connectivity index (χ3v) is 2.64. The zero-order valence-corrected chi connectivity index (χ0v) is 9.41. The van der Waals surface area contributed by atoms with Crippen LogP contribution < -0.4 is 5.73 Å². The van der Waals surface area contributed by atoms with Gasteiger partial charge in [-0.25, -0.2) is 0 Å². The van der Waals surface area contributed by atoms with Crippen molar-refractivity contribution >= 4 is 21.9 Å². The van der Waals surface area contributed by atoms with Gasteiger partial charge in [0.25, 0.3) is 0 Å². The van der Waals surface area contributed by atoms with Gasteiger partial charge in [0, 0.05) is 10.5 Å². The van der Waals surface area contributed by atoms with Crippen LogP contribution in [0.25, 0.3) is 0 Å². The van der Waals surface area contributed by atoms with E-state index in [1.165, 1.54) is 0 Å². The highest BCUT2D eigenvalue weighted by atomic mass is 79.9. The number of benzene rings is 1. The molecule has 0 heterocycles. The summed E-state index contributed by atoms with van der Waals surface area (Å²) in [5, 5.41) is 8.60. The Bertz CT molecular complexity index is 352. The number of carboxylic acids is 1. The first-order valence-corrected chi connectivity index (χ1v) is 5.03. The molecule has 76 valence electrons. The van der Waals surface area contributed by atoms with Crippen molar-refractivity contribution in [1.82, 2.24) is 0 Å². The third kappa shape index (κ3) is 2.82. The van der Waals surface area contributed by atoms with Crippen LogP contribution in [0.4, 0.5) is 0 Å². The smallest absolute Gasteiger partial charge is 0.305 e. The Labute approximate surface area is 91.1 Å². The molecule has 0 aliphatic rings. The van der Waals surface area contributed by atoms with Crippen molar-refractivity contribution in [2.24, 2.45) is 5.73 Å². The Morgan fingerprint density at radius 1 is 1.64 bits per heavy atom. The molecule has 4 heteroatoms. The maximum Gasteiger partial charge on any atom is 0.305 e. The molecule has 0 bridgehead atoms. The molecule has 1 rings (SSSR count). The van der Waals surface area contributed by atoms with E-state index in [4.69, 9.17) is 10.8 Å². The SMILES string of the molecule is Cc1ccc(C(N)CC(=O)O)c(Br)c1. The fourth-order valence-corrected chi connectivity index (χ4v) is 2.02. The van der Waals surface area contributed by atoms with Crippen molar-refractivity contribution in [2.75, 3.05) is 0 Å². The van der Waals surface area contributed by atoms with Crippen molar-refractivity contribution < 1.29 is 9.90 Å². The van der Waals surface area contributed by atoms with Crippen LogP contribution in [0.1, 0.15) is 23.6 Å². The van der Waals surface area contributed by atoms with Gasteiger partial charge in [0.05, 0.1) is 6.42 Å². The molecular weight excluding hydrogens is 246 g/mol. The molecular formula is C10H12BrNO2. The molecule has 3 N–H and O–H groups in total. The van der Waals surface area contributed by atoms with Crippen LogP contribution >= 0.6 is 15.9 Å². The first-order chi connectivity index (χ1) is 6.50. The normalized spacial score (nSPS) is 12.5. The number of carboxylic acid groups (broad SMARTS) is 1. The Morgan fingerprint density at radius 2 is 2.29 bits per heavy atom. The standard InChI is InChI=1S/C10H12BrNO2/c1-6-2-3-7(8(11)4-6)9(12)5-10(13)14/h2-4,9H,5,12H2,1H3,(H,13,14). The summed E-state index contributed by atoms with van der Waals surface area (Å²) in [6.07, 6.45) is -0.0539. The van der Waals surface area contributed by atoms with Gasteiger partial charge in [-0.05, 0) is 24.1 Å². The van der Waals surface area contributed by atoms with Crippen molar-refractivity contribution in [3.63, 3.8) is 0 Å². The van der Waals surface area contributed by atoms with E-state index in [2.05, 4.69) is 15.9 Å². The van der Waals surface area contributed by atoms with Crippen LogP contribution in [0, 0.1) is 6.92 Å². The van der Waals surface area contributed by atoms with Gasteiger partial charge in [0.15, 0.2) is 0 Å². The molecule has 14 heavy (non-hydrogen) atoms. The number of hydrogen-bond acceptors (Lipinski definition) is 2. The molecule has 0 amide bonds. The largest absolute Gasteiger partial charge is 0.481 e. The number of carbonyl (C=O) groups is 1. The van der Waals surface area contributed by atoms with Crippen LogP contribution in [0.5, 0.6) is 0 Å². The van der Waals surface area contributed by atoms with E-state index >= 15 is 0 Å². The summed E-state index contributed by atoms with van der Waals surface area (Å²) in [7, 11) is 0. The highest BCUT2D eigenvalue weighted by molar-refractivity contribution is 9.10. The zero-order chi connectivity index (χ0) is 10.7. The predicted molar refractivity (Wildman–Crippen MR) is 58.1 cm³/mol. The second-order valence-corrected chi connectivity index (χ2v) is 4.08. The Kier molecular flexibility index (Phi) is 3.66. The average molecular weight is 258 g/mol. The number of nitrogens with two attached hydrogens (primary N) is 1. The summed E-state index contributed by atoms with van der Waals surface area (Å²) < 4.78 is 0.867. The molecule has 1 unspecified atom stereocenters. The molecule has 0 aromatic heterocycles. The minimum absolute atomic E-state index is 0.0539. The lowest BCUT2D eigenvalue weighted by molar-refractivity contribution is -0.137. The summed E-state index contributed by atoms with van der Waals surface area (Å²) in [6, 6.07) is 5.24. The van der Waals surface area contributed by atoms with Crippen molar-refractivity contribution in [3.05, 3.63) is 33.8 Å². The van der Waals surface area contributed by atoms with Gasteiger partial charge in [-0.2, -0.15) is 0 Å². The number of hydrogen-bond donors (Lipinski definition) is 2. The highest BCUT2D eigenvalue weighted by Crippen LogP contribution is 2.24. The molecule has 1 atom stereocenters. The third-order valence-electron chi connectivity index (χ3n) is 1.95. The van der Waals surface area contributed by atoms with Gasteiger partial charge < -0.3 is 10.8 Å². The maximum absolute atomic E-state index is 10.5. The first-order valence-electron chi connectivity index (χ1n) is 4.24. The Balaban J connectivity index is 2.90. The van der Waals surface area contributed by atoms with Gasteiger partial charge >= 0.3 is 5.97 Å². The lowest BCUT2D eigenvalue weighted by Gasteiger charge is -2.11. The summed E-state index contributed by atoms with van der Waals surface area (Å²) >= 11 is 3.36. The topological polar surface area (TPSA) is 63.3 Å². The van der Waals surface area contributed by atoms with Crippen LogP contribution in [-0.2, 0) is 4.79 Å². The van der Waals surface area contributed by atoms with Gasteiger partial charge in [-0.3, -0.25) is 4.79 Å². The van der Waals surface area contributed by atoms with Crippen LogP contribution in [0.2, 0.25) is 0 Å². The van der Waals surface area contributed by atoms with E-state index in [0.717, 1.165) is 15.6 Å². The summed E-state index contributed by atoms with van der Waals surface area (Å²) in [4.78, 5) is 10.5. The fraction of sp³-hybridized carbons (Fsp3) is 0.300. The minimum Gasteiger partial charge on any atom is -0.481 e. The van der Waals surface area contributed by atoms with Crippen LogP contribution in [0.15, 0.2) is 22.7 Å². The van der Waals surface area contributed by atoms with Crippen molar-refractivity contribution in [2.45, 2.75) is 19.4 Å². The van der Waals surface area contributed by atoms with Crippen LogP contribution in [-0.4, -0.2) is 11.1 Å². The molecule has 0 radical (unpaired) electrons. The zero-order valence-electron chi connectivity index (χ0n) is 7.83. The molecule has 1 aromatic rings. The first kappa shape index (κ1) is 11.2. The molecule has 0 saturated carbocycles. The molecule has 0 aliphatic carbocycles. The molecule has 0 spiro atoms. The minimum atomic E-state index is -0.884. The highest BCUT2D eigenvalue weighted by Gasteiger charge is 2.13.